The Kier molecular flexibility index (Phi) is 10.0. The maximum absolute atomic E-state index is 14.2. The number of ether oxygens (including phenoxy) is 3. The summed E-state index contributed by atoms with van der Waals surface area (Å²) in [7, 11) is 1.55. The Morgan fingerprint density at radius 1 is 1.11 bits per heavy atom. The molecule has 0 bridgehead atoms. The number of methoxy groups -OCH3 is 1. The first-order chi connectivity index (χ1) is 21.2. The van der Waals surface area contributed by atoms with E-state index in [1.54, 1.807) is 56.5 Å². The Labute approximate surface area is 271 Å². The number of hydrogen-bond donors (Lipinski definition) is 0. The summed E-state index contributed by atoms with van der Waals surface area (Å²) in [5.74, 6) is 0.142. The van der Waals surface area contributed by atoms with E-state index in [1.807, 2.05) is 19.1 Å². The fourth-order valence-corrected chi connectivity index (χ4v) is 6.55. The number of rotatable bonds is 10. The molecule has 2 heterocycles. The molecule has 0 radical (unpaired) electrons. The van der Waals surface area contributed by atoms with E-state index in [0.717, 1.165) is 16.5 Å². The second-order valence-corrected chi connectivity index (χ2v) is 12.3. The van der Waals surface area contributed by atoms with Crippen LogP contribution in [0, 0.1) is 5.82 Å². The lowest BCUT2D eigenvalue weighted by Crippen LogP contribution is -2.40. The lowest BCUT2D eigenvalue weighted by atomic mass is 9.93. The molecule has 11 heteroatoms. The average Bonchev–Trinajstić information content (AvgIpc) is 3.31. The molecule has 5 rings (SSSR count). The SMILES string of the molecule is CCCC1=C(C(=O)OCC)[C@@H](c2cc(Br)ccc2OC)n2c(s/c(=C/c3cc(Cl)ccc3OCc3ccc(F)cc3)c2=O)=N1. The van der Waals surface area contributed by atoms with Crippen molar-refractivity contribution >= 4 is 50.9 Å². The van der Waals surface area contributed by atoms with Gasteiger partial charge in [0.2, 0.25) is 0 Å². The van der Waals surface area contributed by atoms with E-state index in [2.05, 4.69) is 15.9 Å². The molecule has 0 saturated carbocycles. The third-order valence-corrected chi connectivity index (χ3v) is 8.66. The molecule has 3 aromatic carbocycles. The summed E-state index contributed by atoms with van der Waals surface area (Å²) in [6.07, 6.45) is 2.95. The maximum Gasteiger partial charge on any atom is 0.338 e. The number of halogens is 3. The van der Waals surface area contributed by atoms with Crippen LogP contribution < -0.4 is 24.4 Å². The van der Waals surface area contributed by atoms with Gasteiger partial charge < -0.3 is 14.2 Å². The van der Waals surface area contributed by atoms with E-state index in [0.29, 0.717) is 54.7 Å². The number of benzene rings is 3. The Bertz CT molecular complexity index is 1920. The molecule has 0 saturated heterocycles. The molecule has 0 fully saturated rings. The zero-order chi connectivity index (χ0) is 31.4. The van der Waals surface area contributed by atoms with Gasteiger partial charge in [-0.1, -0.05) is 64.3 Å². The monoisotopic (exact) mass is 698 g/mol. The van der Waals surface area contributed by atoms with Crippen LogP contribution in [0.15, 0.2) is 86.2 Å². The number of aromatic nitrogens is 1. The number of fused-ring (bicyclic) bond motifs is 1. The summed E-state index contributed by atoms with van der Waals surface area (Å²) in [6, 6.07) is 15.8. The van der Waals surface area contributed by atoms with E-state index in [9.17, 15) is 14.0 Å². The van der Waals surface area contributed by atoms with Crippen molar-refractivity contribution in [3.63, 3.8) is 0 Å². The van der Waals surface area contributed by atoms with Gasteiger partial charge in [-0.15, -0.1) is 0 Å². The van der Waals surface area contributed by atoms with Crippen LogP contribution >= 0.6 is 38.9 Å². The van der Waals surface area contributed by atoms with Crippen molar-refractivity contribution in [1.82, 2.24) is 4.57 Å². The lowest BCUT2D eigenvalue weighted by molar-refractivity contribution is -0.139. The zero-order valence-electron chi connectivity index (χ0n) is 24.2. The first kappa shape index (κ1) is 31.7. The summed E-state index contributed by atoms with van der Waals surface area (Å²) in [5, 5.41) is 0.463. The fourth-order valence-electron chi connectivity index (χ4n) is 4.98. The maximum atomic E-state index is 14.2. The molecule has 1 aliphatic heterocycles. The van der Waals surface area contributed by atoms with Gasteiger partial charge in [0.25, 0.3) is 5.56 Å². The second-order valence-electron chi connectivity index (χ2n) is 9.90. The standard InChI is InChI=1S/C33H29BrClFN2O5S/c1-4-6-25-29(32(40)42-5-2)30(24-17-21(34)9-13-27(24)41-3)38-31(39)28(44-33(38)37-25)16-20-15-22(35)10-14-26(20)43-18-19-7-11-23(36)12-8-19/h7-17,30H,4-6,18H2,1-3H3/b28-16+/t30-/m1/s1. The van der Waals surface area contributed by atoms with Gasteiger partial charge in [-0.2, -0.15) is 0 Å². The number of carbonyl (C=O) groups excluding carboxylic acids is 1. The minimum atomic E-state index is -0.838. The summed E-state index contributed by atoms with van der Waals surface area (Å²) in [4.78, 5) is 33.0. The highest BCUT2D eigenvalue weighted by molar-refractivity contribution is 9.10. The van der Waals surface area contributed by atoms with E-state index in [4.69, 9.17) is 30.8 Å². The predicted octanol–water partition coefficient (Wildman–Crippen LogP) is 6.72. The molecular formula is C33H29BrClFN2O5S. The van der Waals surface area contributed by atoms with Crippen molar-refractivity contribution in [2.24, 2.45) is 4.99 Å². The van der Waals surface area contributed by atoms with Crippen LogP contribution in [0.1, 0.15) is 49.4 Å². The summed E-state index contributed by atoms with van der Waals surface area (Å²) < 4.78 is 33.3. The van der Waals surface area contributed by atoms with Crippen LogP contribution in [-0.4, -0.2) is 24.3 Å². The zero-order valence-corrected chi connectivity index (χ0v) is 27.4. The molecule has 0 aliphatic carbocycles. The molecule has 44 heavy (non-hydrogen) atoms. The molecular weight excluding hydrogens is 671 g/mol. The molecule has 0 amide bonds. The number of allylic oxidation sites excluding steroid dienone is 1. The number of hydrogen-bond acceptors (Lipinski definition) is 7. The molecule has 0 unspecified atom stereocenters. The molecule has 0 N–H and O–H groups in total. The molecule has 1 aromatic heterocycles. The van der Waals surface area contributed by atoms with Crippen LogP contribution in [0.3, 0.4) is 0 Å². The van der Waals surface area contributed by atoms with Gasteiger partial charge in [-0.05, 0) is 73.5 Å². The molecule has 0 spiro atoms. The van der Waals surface area contributed by atoms with Crippen molar-refractivity contribution in [3.8, 4) is 11.5 Å². The quantitative estimate of drug-likeness (QED) is 0.172. The van der Waals surface area contributed by atoms with Crippen molar-refractivity contribution in [3.05, 3.63) is 124 Å². The fraction of sp³-hybridized carbons (Fsp3) is 0.242. The first-order valence-electron chi connectivity index (χ1n) is 14.0. The lowest BCUT2D eigenvalue weighted by Gasteiger charge is -2.27. The minimum Gasteiger partial charge on any atom is -0.496 e. The number of esters is 1. The van der Waals surface area contributed by atoms with Gasteiger partial charge in [-0.3, -0.25) is 9.36 Å². The Morgan fingerprint density at radius 3 is 2.57 bits per heavy atom. The van der Waals surface area contributed by atoms with Crippen molar-refractivity contribution < 1.29 is 23.4 Å². The van der Waals surface area contributed by atoms with Gasteiger partial charge >= 0.3 is 5.97 Å². The third-order valence-electron chi connectivity index (χ3n) is 6.94. The van der Waals surface area contributed by atoms with E-state index < -0.39 is 12.0 Å². The highest BCUT2D eigenvalue weighted by atomic mass is 79.9. The molecule has 228 valence electrons. The third kappa shape index (κ3) is 6.67. The predicted molar refractivity (Wildman–Crippen MR) is 173 cm³/mol. The van der Waals surface area contributed by atoms with Gasteiger partial charge in [0.15, 0.2) is 4.80 Å². The Hall–Kier alpha value is -3.73. The van der Waals surface area contributed by atoms with Crippen LogP contribution in [0.2, 0.25) is 5.02 Å². The van der Waals surface area contributed by atoms with Crippen molar-refractivity contribution in [1.29, 1.82) is 0 Å². The van der Waals surface area contributed by atoms with Crippen LogP contribution in [0.4, 0.5) is 4.39 Å². The molecule has 1 aliphatic rings. The highest BCUT2D eigenvalue weighted by Crippen LogP contribution is 2.38. The number of carbonyl (C=O) groups is 1. The van der Waals surface area contributed by atoms with E-state index in [1.165, 1.54) is 28.0 Å². The Morgan fingerprint density at radius 2 is 1.86 bits per heavy atom. The van der Waals surface area contributed by atoms with Gasteiger partial charge in [0.05, 0.1) is 29.5 Å². The number of nitrogens with zero attached hydrogens (tertiary/aromatic N) is 2. The van der Waals surface area contributed by atoms with Crippen molar-refractivity contribution in [2.45, 2.75) is 39.3 Å². The van der Waals surface area contributed by atoms with E-state index in [-0.39, 0.29) is 24.6 Å². The minimum absolute atomic E-state index is 0.171. The topological polar surface area (TPSA) is 79.1 Å². The summed E-state index contributed by atoms with van der Waals surface area (Å²) >= 11 is 11.1. The van der Waals surface area contributed by atoms with Crippen LogP contribution in [0.25, 0.3) is 6.08 Å². The molecule has 7 nitrogen and oxygen atoms in total. The van der Waals surface area contributed by atoms with Crippen LogP contribution in [-0.2, 0) is 16.1 Å². The van der Waals surface area contributed by atoms with Gasteiger partial charge in [0, 0.05) is 20.6 Å². The Balaban J connectivity index is 1.69. The number of thiazole rings is 1. The van der Waals surface area contributed by atoms with Crippen molar-refractivity contribution in [2.75, 3.05) is 13.7 Å². The average molecular weight is 700 g/mol. The smallest absolute Gasteiger partial charge is 0.338 e. The normalized spacial score (nSPS) is 14.7. The van der Waals surface area contributed by atoms with Crippen LogP contribution in [0.5, 0.6) is 11.5 Å². The van der Waals surface area contributed by atoms with E-state index >= 15 is 0 Å². The second kappa shape index (κ2) is 13.9. The van der Waals surface area contributed by atoms with Gasteiger partial charge in [0.1, 0.15) is 30.0 Å². The first-order valence-corrected chi connectivity index (χ1v) is 15.9. The highest BCUT2D eigenvalue weighted by Gasteiger charge is 2.36. The summed E-state index contributed by atoms with van der Waals surface area (Å²) in [6.45, 7) is 4.10. The molecule has 4 aromatic rings. The molecule has 1 atom stereocenters. The summed E-state index contributed by atoms with van der Waals surface area (Å²) in [5.41, 5.74) is 2.51. The largest absolute Gasteiger partial charge is 0.496 e. The van der Waals surface area contributed by atoms with Gasteiger partial charge in [-0.25, -0.2) is 14.2 Å².